The highest BCUT2D eigenvalue weighted by molar-refractivity contribution is 7.89. The number of rotatable bonds is 8. The number of nitrogens with one attached hydrogen (secondary N) is 1. The minimum absolute atomic E-state index is 0.0150. The van der Waals surface area contributed by atoms with Gasteiger partial charge in [-0.1, -0.05) is 61.9 Å². The number of hydrogen-bond acceptors (Lipinski definition) is 4. The summed E-state index contributed by atoms with van der Waals surface area (Å²) in [6.45, 7) is 2.98. The average Bonchev–Trinajstić information content (AvgIpc) is 3.33. The molecule has 1 saturated heterocycles. The van der Waals surface area contributed by atoms with E-state index in [1.165, 1.54) is 22.0 Å². The zero-order chi connectivity index (χ0) is 23.3. The Balaban J connectivity index is 1.39. The number of amides is 1. The molecule has 0 radical (unpaired) electrons. The van der Waals surface area contributed by atoms with Crippen molar-refractivity contribution >= 4 is 21.6 Å². The zero-order valence-corrected chi connectivity index (χ0v) is 19.7. The van der Waals surface area contributed by atoms with E-state index in [2.05, 4.69) is 24.4 Å². The maximum atomic E-state index is 13.1. The molecule has 174 valence electrons. The highest BCUT2D eigenvalue weighted by Crippen LogP contribution is 2.27. The Labute approximate surface area is 195 Å². The summed E-state index contributed by atoms with van der Waals surface area (Å²) in [4.78, 5) is 12.7. The lowest BCUT2D eigenvalue weighted by Gasteiger charge is -2.30. The predicted molar refractivity (Wildman–Crippen MR) is 129 cm³/mol. The number of aryl methyl sites for hydroxylation is 1. The molecule has 4 rings (SSSR count). The van der Waals surface area contributed by atoms with Gasteiger partial charge in [0.25, 0.3) is 15.9 Å². The lowest BCUT2D eigenvalue weighted by atomic mass is 9.91. The fourth-order valence-electron chi connectivity index (χ4n) is 4.32. The molecule has 0 atom stereocenters. The topological polar surface area (TPSA) is 79.6 Å². The van der Waals surface area contributed by atoms with Crippen LogP contribution >= 0.6 is 0 Å². The average molecular weight is 467 g/mol. The number of anilines is 1. The van der Waals surface area contributed by atoms with Crippen LogP contribution in [0.3, 0.4) is 0 Å². The number of carbonyl (C=O) groups excluding carboxylic acids is 1. The van der Waals surface area contributed by atoms with Crippen LogP contribution in [0.5, 0.6) is 0 Å². The maximum absolute atomic E-state index is 13.1. The molecule has 0 spiro atoms. The van der Waals surface area contributed by atoms with E-state index in [-0.39, 0.29) is 10.9 Å². The van der Waals surface area contributed by atoms with Crippen LogP contribution in [0.25, 0.3) is 0 Å². The summed E-state index contributed by atoms with van der Waals surface area (Å²) in [5.41, 5.74) is 3.03. The Hall–Kier alpha value is -2.90. The second-order valence-electron chi connectivity index (χ2n) is 8.52. The monoisotopic (exact) mass is 466 g/mol. The number of para-hydroxylation sites is 1. The molecule has 3 aromatic rings. The molecule has 1 fully saturated rings. The van der Waals surface area contributed by atoms with Gasteiger partial charge in [-0.15, -0.1) is 0 Å². The van der Waals surface area contributed by atoms with Gasteiger partial charge in [0.15, 0.2) is 5.76 Å². The van der Waals surface area contributed by atoms with Gasteiger partial charge in [0.2, 0.25) is 5.09 Å². The van der Waals surface area contributed by atoms with Gasteiger partial charge in [0.05, 0.1) is 0 Å². The molecule has 2 aromatic carbocycles. The van der Waals surface area contributed by atoms with Crippen molar-refractivity contribution in [2.24, 2.45) is 5.92 Å². The molecule has 1 aromatic heterocycles. The van der Waals surface area contributed by atoms with Crippen LogP contribution in [0.1, 0.15) is 47.9 Å². The molecule has 1 N–H and O–H groups in total. The summed E-state index contributed by atoms with van der Waals surface area (Å²) in [5.74, 6) is -0.0135. The molecule has 7 heteroatoms. The second-order valence-corrected chi connectivity index (χ2v) is 10.4. The van der Waals surface area contributed by atoms with Gasteiger partial charge in [0, 0.05) is 18.8 Å². The molecule has 1 aliphatic rings. The normalized spacial score (nSPS) is 15.4. The van der Waals surface area contributed by atoms with Crippen molar-refractivity contribution in [3.63, 3.8) is 0 Å². The summed E-state index contributed by atoms with van der Waals surface area (Å²) < 4.78 is 33.2. The third kappa shape index (κ3) is 5.54. The fourth-order valence-corrected chi connectivity index (χ4v) is 5.70. The number of hydrogen-bond donors (Lipinski definition) is 1. The van der Waals surface area contributed by atoms with Crippen molar-refractivity contribution in [3.05, 3.63) is 83.6 Å². The number of sulfonamides is 1. The van der Waals surface area contributed by atoms with E-state index in [0.717, 1.165) is 37.7 Å². The molecule has 33 heavy (non-hydrogen) atoms. The van der Waals surface area contributed by atoms with Gasteiger partial charge in [-0.05, 0) is 60.9 Å². The van der Waals surface area contributed by atoms with Gasteiger partial charge < -0.3 is 9.73 Å². The Kier molecular flexibility index (Phi) is 7.30. The van der Waals surface area contributed by atoms with Gasteiger partial charge in [0.1, 0.15) is 0 Å². The molecule has 1 amide bonds. The second kappa shape index (κ2) is 10.4. The van der Waals surface area contributed by atoms with Crippen LogP contribution in [0.2, 0.25) is 0 Å². The molecule has 6 nitrogen and oxygen atoms in total. The lowest BCUT2D eigenvalue weighted by molar-refractivity contribution is 0.0991. The molecule has 1 aliphatic heterocycles. The van der Waals surface area contributed by atoms with Crippen LogP contribution < -0.4 is 5.32 Å². The number of benzene rings is 2. The quantitative estimate of drug-likeness (QED) is 0.499. The van der Waals surface area contributed by atoms with Crippen LogP contribution in [0.15, 0.2) is 76.2 Å². The lowest BCUT2D eigenvalue weighted by Crippen LogP contribution is -2.38. The summed E-state index contributed by atoms with van der Waals surface area (Å²) in [5, 5.41) is 2.66. The maximum Gasteiger partial charge on any atom is 0.291 e. The standard InChI is InChI=1S/C26H30N2O4S/c1-2-8-22-11-6-7-12-23(22)27-26(29)24-13-14-25(32-24)33(30,31)28-17-15-21(16-18-28)19-20-9-4-3-5-10-20/h3-7,9-14,21H,2,8,15-19H2,1H3,(H,27,29). The summed E-state index contributed by atoms with van der Waals surface area (Å²) in [7, 11) is -3.77. The predicted octanol–water partition coefficient (Wildman–Crippen LogP) is 5.13. The Bertz CT molecular complexity index is 1180. The zero-order valence-electron chi connectivity index (χ0n) is 18.9. The molecular formula is C26H30N2O4S. The minimum Gasteiger partial charge on any atom is -0.438 e. The van der Waals surface area contributed by atoms with E-state index < -0.39 is 15.9 Å². The van der Waals surface area contributed by atoms with Crippen molar-refractivity contribution in [3.8, 4) is 0 Å². The first-order valence-electron chi connectivity index (χ1n) is 11.5. The minimum atomic E-state index is -3.77. The first-order chi connectivity index (χ1) is 16.0. The highest BCUT2D eigenvalue weighted by Gasteiger charge is 2.32. The highest BCUT2D eigenvalue weighted by atomic mass is 32.2. The first kappa shape index (κ1) is 23.3. The van der Waals surface area contributed by atoms with E-state index >= 15 is 0 Å². The Morgan fingerprint density at radius 1 is 1.00 bits per heavy atom. The van der Waals surface area contributed by atoms with Crippen molar-refractivity contribution in [1.82, 2.24) is 4.31 Å². The number of carbonyl (C=O) groups is 1. The Morgan fingerprint density at radius 3 is 2.42 bits per heavy atom. The molecule has 0 aliphatic carbocycles. The number of furan rings is 1. The van der Waals surface area contributed by atoms with Gasteiger partial charge >= 0.3 is 0 Å². The van der Waals surface area contributed by atoms with E-state index in [0.29, 0.717) is 24.7 Å². The summed E-state index contributed by atoms with van der Waals surface area (Å²) >= 11 is 0. The molecule has 0 unspecified atom stereocenters. The van der Waals surface area contributed by atoms with Gasteiger partial charge in [-0.2, -0.15) is 4.31 Å². The van der Waals surface area contributed by atoms with Gasteiger partial charge in [-0.25, -0.2) is 8.42 Å². The van der Waals surface area contributed by atoms with Crippen molar-refractivity contribution in [1.29, 1.82) is 0 Å². The van der Waals surface area contributed by atoms with Crippen LogP contribution in [-0.4, -0.2) is 31.7 Å². The van der Waals surface area contributed by atoms with Gasteiger partial charge in [-0.3, -0.25) is 4.79 Å². The van der Waals surface area contributed by atoms with Crippen LogP contribution in [0.4, 0.5) is 5.69 Å². The van der Waals surface area contributed by atoms with Crippen molar-refractivity contribution < 1.29 is 17.6 Å². The molecule has 2 heterocycles. The van der Waals surface area contributed by atoms with Crippen molar-refractivity contribution in [2.75, 3.05) is 18.4 Å². The number of piperidine rings is 1. The largest absolute Gasteiger partial charge is 0.438 e. The van der Waals surface area contributed by atoms with E-state index in [1.807, 2.05) is 42.5 Å². The Morgan fingerprint density at radius 2 is 1.70 bits per heavy atom. The van der Waals surface area contributed by atoms with E-state index in [1.54, 1.807) is 0 Å². The smallest absolute Gasteiger partial charge is 0.291 e. The third-order valence-electron chi connectivity index (χ3n) is 6.12. The third-order valence-corrected chi connectivity index (χ3v) is 7.90. The SMILES string of the molecule is CCCc1ccccc1NC(=O)c1ccc(S(=O)(=O)N2CCC(Cc3ccccc3)CC2)o1. The van der Waals surface area contributed by atoms with E-state index in [9.17, 15) is 13.2 Å². The van der Waals surface area contributed by atoms with Crippen LogP contribution in [0, 0.1) is 5.92 Å². The fraction of sp³-hybridized carbons (Fsp3) is 0.346. The first-order valence-corrected chi connectivity index (χ1v) is 12.9. The number of nitrogens with zero attached hydrogens (tertiary/aromatic N) is 1. The van der Waals surface area contributed by atoms with Crippen molar-refractivity contribution in [2.45, 2.75) is 44.1 Å². The van der Waals surface area contributed by atoms with Crippen LogP contribution in [-0.2, 0) is 22.9 Å². The molecule has 0 bridgehead atoms. The summed E-state index contributed by atoms with van der Waals surface area (Å²) in [6, 6.07) is 20.7. The van der Waals surface area contributed by atoms with E-state index in [4.69, 9.17) is 4.42 Å². The molecular weight excluding hydrogens is 436 g/mol. The summed E-state index contributed by atoms with van der Waals surface area (Å²) in [6.07, 6.45) is 4.36. The molecule has 0 saturated carbocycles.